The van der Waals surface area contributed by atoms with Gasteiger partial charge in [-0.25, -0.2) is 9.18 Å². The molecular weight excluding hydrogens is 291 g/mol. The van der Waals surface area contributed by atoms with Crippen LogP contribution >= 0.6 is 11.6 Å². The van der Waals surface area contributed by atoms with E-state index in [1.165, 1.54) is 12.1 Å². The van der Waals surface area contributed by atoms with Crippen molar-refractivity contribution in [3.8, 4) is 0 Å². The minimum atomic E-state index is -0.381. The van der Waals surface area contributed by atoms with Gasteiger partial charge in [0.2, 0.25) is 0 Å². The van der Waals surface area contributed by atoms with Crippen molar-refractivity contribution in [1.29, 1.82) is 0 Å². The van der Waals surface area contributed by atoms with Crippen LogP contribution < -0.4 is 10.6 Å². The highest BCUT2D eigenvalue weighted by atomic mass is 35.5. The number of carbonyl (C=O) groups excluding carboxylic acids is 1. The number of hydrogen-bond acceptors (Lipinski definition) is 1. The molecule has 0 spiro atoms. The van der Waals surface area contributed by atoms with Crippen molar-refractivity contribution < 1.29 is 9.18 Å². The second kappa shape index (κ2) is 6.59. The van der Waals surface area contributed by atoms with Crippen LogP contribution in [0.25, 0.3) is 0 Å². The second-order valence-electron chi connectivity index (χ2n) is 4.88. The van der Waals surface area contributed by atoms with Gasteiger partial charge in [-0.3, -0.25) is 0 Å². The Kier molecular flexibility index (Phi) is 4.81. The summed E-state index contributed by atoms with van der Waals surface area (Å²) in [6.07, 6.45) is 0. The first-order valence-electron chi connectivity index (χ1n) is 6.52. The molecule has 0 unspecified atom stereocenters. The number of anilines is 1. The molecule has 0 bridgehead atoms. The number of hydrogen-bond donors (Lipinski definition) is 2. The maximum atomic E-state index is 13.0. The number of amides is 2. The maximum absolute atomic E-state index is 13.0. The van der Waals surface area contributed by atoms with E-state index >= 15 is 0 Å². The van der Waals surface area contributed by atoms with E-state index in [-0.39, 0.29) is 18.4 Å². The quantitative estimate of drug-likeness (QED) is 0.866. The van der Waals surface area contributed by atoms with Crippen LogP contribution in [0.2, 0.25) is 5.02 Å². The molecule has 2 N–H and O–H groups in total. The molecule has 21 heavy (non-hydrogen) atoms. The summed E-state index contributed by atoms with van der Waals surface area (Å²) in [4.78, 5) is 11.9. The Morgan fingerprint density at radius 2 is 2.00 bits per heavy atom. The third-order valence-electron chi connectivity index (χ3n) is 3.01. The standard InChI is InChI=1S/C16H16ClFN2O/c1-10-6-11(2)15(14(17)7-10)20-16(21)19-9-12-4-3-5-13(18)8-12/h3-8H,9H2,1-2H3,(H2,19,20,21). The van der Waals surface area contributed by atoms with E-state index in [4.69, 9.17) is 11.6 Å². The molecule has 2 aromatic rings. The molecular formula is C16H16ClFN2O. The van der Waals surface area contributed by atoms with Gasteiger partial charge in [0.1, 0.15) is 5.82 Å². The van der Waals surface area contributed by atoms with Crippen molar-refractivity contribution in [1.82, 2.24) is 5.32 Å². The van der Waals surface area contributed by atoms with Crippen LogP contribution in [0.4, 0.5) is 14.9 Å². The van der Waals surface area contributed by atoms with Crippen molar-refractivity contribution in [2.45, 2.75) is 20.4 Å². The largest absolute Gasteiger partial charge is 0.334 e. The SMILES string of the molecule is Cc1cc(C)c(NC(=O)NCc2cccc(F)c2)c(Cl)c1. The average molecular weight is 307 g/mol. The lowest BCUT2D eigenvalue weighted by molar-refractivity contribution is 0.251. The van der Waals surface area contributed by atoms with E-state index in [1.54, 1.807) is 18.2 Å². The Balaban J connectivity index is 1.99. The fourth-order valence-electron chi connectivity index (χ4n) is 2.06. The molecule has 2 amide bonds. The lowest BCUT2D eigenvalue weighted by atomic mass is 10.1. The second-order valence-corrected chi connectivity index (χ2v) is 5.28. The zero-order chi connectivity index (χ0) is 15.4. The molecule has 2 aromatic carbocycles. The third-order valence-corrected chi connectivity index (χ3v) is 3.31. The number of carbonyl (C=O) groups is 1. The lowest BCUT2D eigenvalue weighted by Crippen LogP contribution is -2.28. The normalized spacial score (nSPS) is 10.3. The van der Waals surface area contributed by atoms with Gasteiger partial charge < -0.3 is 10.6 Å². The summed E-state index contributed by atoms with van der Waals surface area (Å²) in [5.74, 6) is -0.327. The highest BCUT2D eigenvalue weighted by Crippen LogP contribution is 2.27. The van der Waals surface area contributed by atoms with Crippen molar-refractivity contribution in [2.75, 3.05) is 5.32 Å². The Hall–Kier alpha value is -2.07. The van der Waals surface area contributed by atoms with Gasteiger partial charge in [-0.15, -0.1) is 0 Å². The molecule has 0 radical (unpaired) electrons. The first-order valence-corrected chi connectivity index (χ1v) is 6.89. The molecule has 0 heterocycles. The number of rotatable bonds is 3. The summed E-state index contributed by atoms with van der Waals surface area (Å²) in [7, 11) is 0. The number of benzene rings is 2. The molecule has 0 aliphatic rings. The molecule has 110 valence electrons. The van der Waals surface area contributed by atoms with Gasteiger partial charge in [-0.2, -0.15) is 0 Å². The minimum Gasteiger partial charge on any atom is -0.334 e. The Morgan fingerprint density at radius 1 is 1.24 bits per heavy atom. The average Bonchev–Trinajstić information content (AvgIpc) is 2.40. The fourth-order valence-corrected chi connectivity index (χ4v) is 2.43. The van der Waals surface area contributed by atoms with Crippen LogP contribution in [0, 0.1) is 19.7 Å². The van der Waals surface area contributed by atoms with Crippen LogP contribution in [-0.2, 0) is 6.54 Å². The Bertz CT molecular complexity index is 650. The van der Waals surface area contributed by atoms with Crippen LogP contribution in [0.5, 0.6) is 0 Å². The number of aryl methyl sites for hydroxylation is 2. The first-order chi connectivity index (χ1) is 9.95. The van der Waals surface area contributed by atoms with E-state index in [2.05, 4.69) is 10.6 Å². The van der Waals surface area contributed by atoms with E-state index in [1.807, 2.05) is 19.9 Å². The van der Waals surface area contributed by atoms with E-state index in [0.717, 1.165) is 11.1 Å². The first kappa shape index (κ1) is 15.3. The highest BCUT2D eigenvalue weighted by Gasteiger charge is 2.09. The van der Waals surface area contributed by atoms with E-state index < -0.39 is 0 Å². The summed E-state index contributed by atoms with van der Waals surface area (Å²) < 4.78 is 13.0. The zero-order valence-corrected chi connectivity index (χ0v) is 12.6. The number of nitrogens with one attached hydrogen (secondary N) is 2. The number of urea groups is 1. The number of halogens is 2. The van der Waals surface area contributed by atoms with Gasteiger partial charge in [0.05, 0.1) is 10.7 Å². The highest BCUT2D eigenvalue weighted by molar-refractivity contribution is 6.34. The predicted octanol–water partition coefficient (Wildman–Crippen LogP) is 4.42. The van der Waals surface area contributed by atoms with Gasteiger partial charge in [-0.05, 0) is 48.7 Å². The summed E-state index contributed by atoms with van der Waals surface area (Å²) >= 11 is 6.12. The van der Waals surface area contributed by atoms with Crippen LogP contribution in [0.3, 0.4) is 0 Å². The molecule has 0 atom stereocenters. The monoisotopic (exact) mass is 306 g/mol. The molecule has 0 aliphatic heterocycles. The lowest BCUT2D eigenvalue weighted by Gasteiger charge is -2.12. The predicted molar refractivity (Wildman–Crippen MR) is 83.2 cm³/mol. The molecule has 0 fully saturated rings. The Morgan fingerprint density at radius 3 is 2.67 bits per heavy atom. The third kappa shape index (κ3) is 4.20. The van der Waals surface area contributed by atoms with Crippen LogP contribution in [0.1, 0.15) is 16.7 Å². The smallest absolute Gasteiger partial charge is 0.319 e. The van der Waals surface area contributed by atoms with Gasteiger partial charge in [0.15, 0.2) is 0 Å². The topological polar surface area (TPSA) is 41.1 Å². The van der Waals surface area contributed by atoms with Crippen molar-refractivity contribution in [2.24, 2.45) is 0 Å². The molecule has 2 rings (SSSR count). The molecule has 0 aliphatic carbocycles. The van der Waals surface area contributed by atoms with E-state index in [0.29, 0.717) is 16.3 Å². The summed E-state index contributed by atoms with van der Waals surface area (Å²) in [5.41, 5.74) is 3.19. The van der Waals surface area contributed by atoms with Gasteiger partial charge >= 0.3 is 6.03 Å². The molecule has 0 saturated heterocycles. The minimum absolute atomic E-state index is 0.242. The van der Waals surface area contributed by atoms with Crippen LogP contribution in [0.15, 0.2) is 36.4 Å². The zero-order valence-electron chi connectivity index (χ0n) is 11.8. The molecule has 5 heteroatoms. The summed E-state index contributed by atoms with van der Waals surface area (Å²) in [5, 5.41) is 5.88. The van der Waals surface area contributed by atoms with Crippen molar-refractivity contribution in [3.63, 3.8) is 0 Å². The fraction of sp³-hybridized carbons (Fsp3) is 0.188. The van der Waals surface area contributed by atoms with Crippen LogP contribution in [-0.4, -0.2) is 6.03 Å². The summed E-state index contributed by atoms with van der Waals surface area (Å²) in [6.45, 7) is 4.06. The molecule has 3 nitrogen and oxygen atoms in total. The summed E-state index contributed by atoms with van der Waals surface area (Å²) in [6, 6.07) is 9.43. The van der Waals surface area contributed by atoms with Gasteiger partial charge in [0.25, 0.3) is 0 Å². The van der Waals surface area contributed by atoms with Crippen molar-refractivity contribution >= 4 is 23.3 Å². The van der Waals surface area contributed by atoms with Crippen molar-refractivity contribution in [3.05, 3.63) is 63.9 Å². The Labute approximate surface area is 128 Å². The van der Waals surface area contributed by atoms with Gasteiger partial charge in [-0.1, -0.05) is 29.8 Å². The van der Waals surface area contributed by atoms with Gasteiger partial charge in [0, 0.05) is 6.54 Å². The van der Waals surface area contributed by atoms with E-state index in [9.17, 15) is 9.18 Å². The maximum Gasteiger partial charge on any atom is 0.319 e. The molecule has 0 aromatic heterocycles. The molecule has 0 saturated carbocycles.